The van der Waals surface area contributed by atoms with Crippen LogP contribution in [-0.4, -0.2) is 17.9 Å². The highest BCUT2D eigenvalue weighted by Gasteiger charge is 2.27. The molecule has 0 saturated carbocycles. The smallest absolute Gasteiger partial charge is 0.126 e. The van der Waals surface area contributed by atoms with Gasteiger partial charge in [0.1, 0.15) is 17.7 Å². The van der Waals surface area contributed by atoms with Gasteiger partial charge < -0.3 is 9.84 Å². The van der Waals surface area contributed by atoms with Crippen molar-refractivity contribution < 1.29 is 9.84 Å². The summed E-state index contributed by atoms with van der Waals surface area (Å²) in [4.78, 5) is 5.00. The third-order valence-corrected chi connectivity index (χ3v) is 5.17. The van der Waals surface area contributed by atoms with Gasteiger partial charge in [0.05, 0.1) is 7.11 Å². The van der Waals surface area contributed by atoms with E-state index >= 15 is 0 Å². The molecule has 3 aromatic rings. The summed E-state index contributed by atoms with van der Waals surface area (Å²) < 4.78 is 5.28. The lowest BCUT2D eigenvalue weighted by atomic mass is 9.93. The van der Waals surface area contributed by atoms with Crippen molar-refractivity contribution in [1.29, 1.82) is 0 Å². The first-order valence-electron chi connectivity index (χ1n) is 9.45. The number of aryl methyl sites for hydroxylation is 1. The van der Waals surface area contributed by atoms with Crippen LogP contribution in [0.15, 0.2) is 77.8 Å². The van der Waals surface area contributed by atoms with Crippen LogP contribution in [0, 0.1) is 6.92 Å². The third kappa shape index (κ3) is 3.78. The Bertz CT molecular complexity index is 978. The van der Waals surface area contributed by atoms with Crippen LogP contribution in [-0.2, 0) is 0 Å². The van der Waals surface area contributed by atoms with E-state index in [0.717, 1.165) is 28.2 Å². The van der Waals surface area contributed by atoms with Crippen LogP contribution >= 0.6 is 0 Å². The molecule has 2 N–H and O–H groups in total. The number of para-hydroxylation sites is 1. The molecule has 0 radical (unpaired) electrons. The molecular weight excluding hydrogens is 348 g/mol. The van der Waals surface area contributed by atoms with Gasteiger partial charge in [-0.25, -0.2) is 0 Å². The standard InChI is InChI=1S/C24H24N2O2/c1-16-7-9-18(10-8-16)24-25-21(17-11-13-19(28-2)14-12-17)15-22(26-24)20-5-3-4-6-23(20)27/h3-14,22,24,26-27H,15H2,1-2H3/t22-,24+/m1/s1. The third-order valence-electron chi connectivity index (χ3n) is 5.17. The number of rotatable bonds is 4. The predicted molar refractivity (Wildman–Crippen MR) is 112 cm³/mol. The number of benzene rings is 3. The van der Waals surface area contributed by atoms with Crippen LogP contribution in [0.2, 0.25) is 0 Å². The Balaban J connectivity index is 1.73. The Morgan fingerprint density at radius 2 is 1.68 bits per heavy atom. The SMILES string of the molecule is COc1ccc(C2=N[C@H](c3ccc(C)cc3)N[C@@H](c3ccccc3O)C2)cc1. The zero-order chi connectivity index (χ0) is 19.5. The maximum atomic E-state index is 10.4. The number of aliphatic imine (C=N–C) groups is 1. The first kappa shape index (κ1) is 18.3. The summed E-state index contributed by atoms with van der Waals surface area (Å²) in [5.74, 6) is 1.13. The zero-order valence-electron chi connectivity index (χ0n) is 16.1. The quantitative estimate of drug-likeness (QED) is 0.683. The van der Waals surface area contributed by atoms with Crippen molar-refractivity contribution in [3.63, 3.8) is 0 Å². The second-order valence-electron chi connectivity index (χ2n) is 7.10. The molecule has 28 heavy (non-hydrogen) atoms. The average molecular weight is 372 g/mol. The lowest BCUT2D eigenvalue weighted by molar-refractivity contribution is 0.412. The number of nitrogens with zero attached hydrogens (tertiary/aromatic N) is 1. The number of ether oxygens (including phenoxy) is 1. The Morgan fingerprint density at radius 3 is 2.36 bits per heavy atom. The van der Waals surface area contributed by atoms with E-state index in [1.54, 1.807) is 13.2 Å². The molecule has 1 aliphatic heterocycles. The van der Waals surface area contributed by atoms with E-state index in [-0.39, 0.29) is 12.2 Å². The van der Waals surface area contributed by atoms with Crippen LogP contribution in [0.25, 0.3) is 0 Å². The van der Waals surface area contributed by atoms with Gasteiger partial charge in [-0.1, -0.05) is 48.0 Å². The largest absolute Gasteiger partial charge is 0.508 e. The molecule has 0 spiro atoms. The molecule has 4 nitrogen and oxygen atoms in total. The maximum Gasteiger partial charge on any atom is 0.126 e. The molecule has 0 unspecified atom stereocenters. The van der Waals surface area contributed by atoms with E-state index in [1.165, 1.54) is 5.56 Å². The highest BCUT2D eigenvalue weighted by Crippen LogP contribution is 2.34. The van der Waals surface area contributed by atoms with Gasteiger partial charge in [0.25, 0.3) is 0 Å². The number of hydrogen-bond donors (Lipinski definition) is 2. The van der Waals surface area contributed by atoms with Crippen molar-refractivity contribution in [2.75, 3.05) is 7.11 Å². The van der Waals surface area contributed by atoms with Crippen molar-refractivity contribution in [3.05, 3.63) is 95.1 Å². The summed E-state index contributed by atoms with van der Waals surface area (Å²) in [5, 5.41) is 14.0. The van der Waals surface area contributed by atoms with E-state index in [1.807, 2.05) is 42.5 Å². The zero-order valence-corrected chi connectivity index (χ0v) is 16.1. The molecule has 0 saturated heterocycles. The molecular formula is C24H24N2O2. The topological polar surface area (TPSA) is 53.8 Å². The number of phenols is 1. The monoisotopic (exact) mass is 372 g/mol. The van der Waals surface area contributed by atoms with Gasteiger partial charge in [-0.15, -0.1) is 0 Å². The molecule has 0 fully saturated rings. The number of phenolic OH excluding ortho intramolecular Hbond substituents is 1. The fourth-order valence-electron chi connectivity index (χ4n) is 3.57. The molecule has 4 heteroatoms. The molecule has 0 bridgehead atoms. The second kappa shape index (κ2) is 7.87. The fraction of sp³-hybridized carbons (Fsp3) is 0.208. The van der Waals surface area contributed by atoms with Crippen molar-refractivity contribution >= 4 is 5.71 Å². The van der Waals surface area contributed by atoms with Crippen molar-refractivity contribution in [2.45, 2.75) is 25.6 Å². The van der Waals surface area contributed by atoms with Gasteiger partial charge in [0, 0.05) is 23.7 Å². The van der Waals surface area contributed by atoms with E-state index in [9.17, 15) is 5.11 Å². The maximum absolute atomic E-state index is 10.4. The second-order valence-corrected chi connectivity index (χ2v) is 7.10. The molecule has 0 aromatic heterocycles. The lowest BCUT2D eigenvalue weighted by Crippen LogP contribution is -2.33. The summed E-state index contributed by atoms with van der Waals surface area (Å²) in [6.45, 7) is 2.08. The summed E-state index contributed by atoms with van der Waals surface area (Å²) in [6, 6.07) is 23.9. The summed E-state index contributed by atoms with van der Waals surface area (Å²) >= 11 is 0. The molecule has 142 valence electrons. The van der Waals surface area contributed by atoms with E-state index in [0.29, 0.717) is 12.2 Å². The molecule has 2 atom stereocenters. The highest BCUT2D eigenvalue weighted by molar-refractivity contribution is 6.01. The summed E-state index contributed by atoms with van der Waals surface area (Å²) in [5.41, 5.74) is 5.30. The van der Waals surface area contributed by atoms with Gasteiger partial charge in [-0.05, 0) is 48.4 Å². The van der Waals surface area contributed by atoms with Crippen molar-refractivity contribution in [3.8, 4) is 11.5 Å². The molecule has 3 aromatic carbocycles. The first-order chi connectivity index (χ1) is 13.6. The number of nitrogens with one attached hydrogen (secondary N) is 1. The normalized spacial score (nSPS) is 19.1. The van der Waals surface area contributed by atoms with Crippen LogP contribution in [0.5, 0.6) is 11.5 Å². The average Bonchev–Trinajstić information content (AvgIpc) is 2.74. The number of hydrogen-bond acceptors (Lipinski definition) is 4. The van der Waals surface area contributed by atoms with Gasteiger partial charge in [0.15, 0.2) is 0 Å². The molecule has 0 aliphatic carbocycles. The number of aromatic hydroxyl groups is 1. The minimum absolute atomic E-state index is 0.0258. The Morgan fingerprint density at radius 1 is 0.964 bits per heavy atom. The lowest BCUT2D eigenvalue weighted by Gasteiger charge is -2.31. The van der Waals surface area contributed by atoms with Crippen molar-refractivity contribution in [1.82, 2.24) is 5.32 Å². The van der Waals surface area contributed by atoms with Crippen LogP contribution in [0.3, 0.4) is 0 Å². The first-order valence-corrected chi connectivity index (χ1v) is 9.45. The molecule has 0 amide bonds. The minimum Gasteiger partial charge on any atom is -0.508 e. The van der Waals surface area contributed by atoms with Crippen LogP contribution in [0.4, 0.5) is 0 Å². The van der Waals surface area contributed by atoms with E-state index in [2.05, 4.69) is 36.5 Å². The van der Waals surface area contributed by atoms with E-state index < -0.39 is 0 Å². The molecule has 1 heterocycles. The summed E-state index contributed by atoms with van der Waals surface area (Å²) in [7, 11) is 1.67. The molecule has 4 rings (SSSR count). The van der Waals surface area contributed by atoms with Gasteiger partial charge >= 0.3 is 0 Å². The van der Waals surface area contributed by atoms with Crippen molar-refractivity contribution in [2.24, 2.45) is 4.99 Å². The summed E-state index contributed by atoms with van der Waals surface area (Å²) in [6.07, 6.45) is 0.530. The van der Waals surface area contributed by atoms with Crippen LogP contribution in [0.1, 0.15) is 40.9 Å². The number of methoxy groups -OCH3 is 1. The highest BCUT2D eigenvalue weighted by atomic mass is 16.5. The fourth-order valence-corrected chi connectivity index (χ4v) is 3.57. The predicted octanol–water partition coefficient (Wildman–Crippen LogP) is 4.93. The Hall–Kier alpha value is -3.11. The van der Waals surface area contributed by atoms with Gasteiger partial charge in [0.2, 0.25) is 0 Å². The van der Waals surface area contributed by atoms with Gasteiger partial charge in [-0.3, -0.25) is 10.3 Å². The van der Waals surface area contributed by atoms with Gasteiger partial charge in [-0.2, -0.15) is 0 Å². The molecule has 1 aliphatic rings. The Labute approximate surface area is 165 Å². The minimum atomic E-state index is -0.170. The van der Waals surface area contributed by atoms with E-state index in [4.69, 9.17) is 9.73 Å². The Kier molecular flexibility index (Phi) is 5.13. The van der Waals surface area contributed by atoms with Crippen LogP contribution < -0.4 is 10.1 Å².